The zero-order valence-corrected chi connectivity index (χ0v) is 16.2. The van der Waals surface area contributed by atoms with Crippen molar-refractivity contribution >= 4 is 32.0 Å². The molecular formula is C18H25N5O3S. The molecule has 1 aromatic carbocycles. The Morgan fingerprint density at radius 3 is 2.74 bits per heavy atom. The fourth-order valence-corrected chi connectivity index (χ4v) is 3.69. The number of aromatic nitrogens is 3. The van der Waals surface area contributed by atoms with Gasteiger partial charge < -0.3 is 15.0 Å². The molecule has 0 aliphatic carbocycles. The van der Waals surface area contributed by atoms with Crippen LogP contribution in [0.1, 0.15) is 31.9 Å². The summed E-state index contributed by atoms with van der Waals surface area (Å²) in [6.07, 6.45) is 3.59. The summed E-state index contributed by atoms with van der Waals surface area (Å²) in [6.45, 7) is 2.81. The lowest BCUT2D eigenvalue weighted by Gasteiger charge is -2.11. The van der Waals surface area contributed by atoms with Crippen LogP contribution in [0, 0.1) is 0 Å². The van der Waals surface area contributed by atoms with Crippen LogP contribution in [0.3, 0.4) is 0 Å². The first kappa shape index (κ1) is 19.7. The van der Waals surface area contributed by atoms with Gasteiger partial charge in [0, 0.05) is 11.9 Å². The maximum Gasteiger partial charge on any atom is 0.209 e. The molecule has 0 fully saturated rings. The van der Waals surface area contributed by atoms with Gasteiger partial charge in [0.05, 0.1) is 35.4 Å². The predicted molar refractivity (Wildman–Crippen MR) is 105 cm³/mol. The number of nitrogens with zero attached hydrogens (tertiary/aromatic N) is 3. The number of nitrogens with two attached hydrogens (primary N) is 2. The summed E-state index contributed by atoms with van der Waals surface area (Å²) in [5, 5.41) is 6.07. The molecule has 3 rings (SSSR count). The Kier molecular flexibility index (Phi) is 6.05. The third-order valence-electron chi connectivity index (χ3n) is 4.34. The van der Waals surface area contributed by atoms with E-state index in [1.54, 1.807) is 13.3 Å². The fraction of sp³-hybridized carbons (Fsp3) is 0.444. The number of unbranched alkanes of at least 4 members (excludes halogenated alkanes) is 2. The predicted octanol–water partition coefficient (Wildman–Crippen LogP) is 1.86. The van der Waals surface area contributed by atoms with Crippen molar-refractivity contribution in [2.75, 3.05) is 5.75 Å². The highest BCUT2D eigenvalue weighted by atomic mass is 32.2. The van der Waals surface area contributed by atoms with Crippen molar-refractivity contribution in [3.8, 4) is 0 Å². The van der Waals surface area contributed by atoms with Gasteiger partial charge in [0.2, 0.25) is 10.0 Å². The van der Waals surface area contributed by atoms with Gasteiger partial charge in [-0.1, -0.05) is 24.6 Å². The fourth-order valence-electron chi connectivity index (χ4n) is 3.09. The van der Waals surface area contributed by atoms with Crippen LogP contribution in [-0.2, 0) is 27.9 Å². The Balaban J connectivity index is 1.86. The van der Waals surface area contributed by atoms with E-state index in [0.29, 0.717) is 13.0 Å². The van der Waals surface area contributed by atoms with E-state index in [4.69, 9.17) is 15.6 Å². The largest absolute Gasteiger partial charge is 0.358 e. The second-order valence-corrected chi connectivity index (χ2v) is 8.39. The summed E-state index contributed by atoms with van der Waals surface area (Å²) in [6, 6.07) is 7.92. The first-order chi connectivity index (χ1) is 12.8. The molecule has 0 radical (unpaired) electrons. The molecule has 0 amide bonds. The molecule has 146 valence electrons. The SMILES string of the molecule is CC(N)OCc1nc2ccccc2c2c1ncn2CCCCCS(N)(=O)=O. The molecule has 0 aliphatic heterocycles. The van der Waals surface area contributed by atoms with E-state index < -0.39 is 10.0 Å². The Morgan fingerprint density at radius 2 is 2.00 bits per heavy atom. The second-order valence-electron chi connectivity index (χ2n) is 6.65. The number of ether oxygens (including phenoxy) is 1. The van der Waals surface area contributed by atoms with E-state index in [2.05, 4.69) is 14.5 Å². The second kappa shape index (κ2) is 8.30. The minimum Gasteiger partial charge on any atom is -0.358 e. The summed E-state index contributed by atoms with van der Waals surface area (Å²) in [4.78, 5) is 9.24. The van der Waals surface area contributed by atoms with Gasteiger partial charge in [0.1, 0.15) is 11.7 Å². The number of fused-ring (bicyclic) bond motifs is 3. The molecule has 2 aromatic heterocycles. The minimum atomic E-state index is -3.39. The van der Waals surface area contributed by atoms with Crippen LogP contribution in [0.5, 0.6) is 0 Å². The molecule has 1 unspecified atom stereocenters. The highest BCUT2D eigenvalue weighted by Crippen LogP contribution is 2.26. The highest BCUT2D eigenvalue weighted by Gasteiger charge is 2.14. The maximum absolute atomic E-state index is 11.0. The normalized spacial score (nSPS) is 13.4. The van der Waals surface area contributed by atoms with Gasteiger partial charge in [-0.2, -0.15) is 0 Å². The molecule has 0 saturated heterocycles. The van der Waals surface area contributed by atoms with Crippen LogP contribution in [0.25, 0.3) is 21.9 Å². The molecule has 0 saturated carbocycles. The molecule has 8 nitrogen and oxygen atoms in total. The first-order valence-corrected chi connectivity index (χ1v) is 10.7. The quantitative estimate of drug-likeness (QED) is 0.423. The summed E-state index contributed by atoms with van der Waals surface area (Å²) in [5.74, 6) is 0.0171. The highest BCUT2D eigenvalue weighted by molar-refractivity contribution is 7.89. The summed E-state index contributed by atoms with van der Waals surface area (Å²) in [7, 11) is -3.39. The zero-order chi connectivity index (χ0) is 19.4. The number of rotatable bonds is 9. The molecule has 2 heterocycles. The van der Waals surface area contributed by atoms with Gasteiger partial charge in [-0.05, 0) is 25.8 Å². The topological polar surface area (TPSA) is 126 Å². The standard InChI is InChI=1S/C18H25N5O3S/c1-13(19)26-11-16-17-18(14-7-3-4-8-15(14)22-16)23(12-21-17)9-5-2-6-10-27(20,24)25/h3-4,7-8,12-13H,2,5-6,9-11,19H2,1H3,(H2,20,24,25). The number of primary sulfonamides is 1. The van der Waals surface area contributed by atoms with E-state index >= 15 is 0 Å². The Morgan fingerprint density at radius 1 is 1.22 bits per heavy atom. The van der Waals surface area contributed by atoms with Gasteiger partial charge >= 0.3 is 0 Å². The van der Waals surface area contributed by atoms with E-state index in [0.717, 1.165) is 47.0 Å². The number of pyridine rings is 1. The van der Waals surface area contributed by atoms with Gasteiger partial charge in [-0.25, -0.2) is 23.5 Å². The molecule has 9 heteroatoms. The molecule has 0 spiro atoms. The number of sulfonamides is 1. The number of para-hydroxylation sites is 1. The Bertz CT molecular complexity index is 1030. The van der Waals surface area contributed by atoms with Crippen molar-refractivity contribution in [1.29, 1.82) is 0 Å². The van der Waals surface area contributed by atoms with Crippen LogP contribution in [0.15, 0.2) is 30.6 Å². The lowest BCUT2D eigenvalue weighted by Crippen LogP contribution is -2.19. The summed E-state index contributed by atoms with van der Waals surface area (Å²) < 4.78 is 29.7. The minimum absolute atomic E-state index is 0.0171. The van der Waals surface area contributed by atoms with Gasteiger partial charge in [-0.3, -0.25) is 0 Å². The van der Waals surface area contributed by atoms with Crippen LogP contribution in [0.4, 0.5) is 0 Å². The number of benzene rings is 1. The van der Waals surface area contributed by atoms with Crippen molar-refractivity contribution in [1.82, 2.24) is 14.5 Å². The van der Waals surface area contributed by atoms with E-state index in [-0.39, 0.29) is 12.0 Å². The summed E-state index contributed by atoms with van der Waals surface area (Å²) in [5.41, 5.74) is 9.15. The van der Waals surface area contributed by atoms with Crippen molar-refractivity contribution in [2.45, 2.75) is 45.6 Å². The van der Waals surface area contributed by atoms with Gasteiger partial charge in [0.15, 0.2) is 0 Å². The van der Waals surface area contributed by atoms with Crippen molar-refractivity contribution < 1.29 is 13.2 Å². The van der Waals surface area contributed by atoms with Crippen molar-refractivity contribution in [3.63, 3.8) is 0 Å². The molecule has 4 N–H and O–H groups in total. The van der Waals surface area contributed by atoms with Crippen LogP contribution >= 0.6 is 0 Å². The molecule has 3 aromatic rings. The monoisotopic (exact) mass is 391 g/mol. The molecular weight excluding hydrogens is 366 g/mol. The lowest BCUT2D eigenvalue weighted by atomic mass is 10.1. The number of hydrogen-bond donors (Lipinski definition) is 2. The lowest BCUT2D eigenvalue weighted by molar-refractivity contribution is 0.0564. The van der Waals surface area contributed by atoms with Crippen LogP contribution < -0.4 is 10.9 Å². The van der Waals surface area contributed by atoms with E-state index in [1.807, 2.05) is 24.3 Å². The van der Waals surface area contributed by atoms with Crippen molar-refractivity contribution in [2.24, 2.45) is 10.9 Å². The third kappa shape index (κ3) is 5.01. The third-order valence-corrected chi connectivity index (χ3v) is 5.19. The average molecular weight is 391 g/mol. The van der Waals surface area contributed by atoms with E-state index in [1.165, 1.54) is 0 Å². The zero-order valence-electron chi connectivity index (χ0n) is 15.3. The Hall–Kier alpha value is -2.07. The molecule has 0 bridgehead atoms. The molecule has 0 aliphatic rings. The van der Waals surface area contributed by atoms with E-state index in [9.17, 15) is 8.42 Å². The number of imidazole rings is 1. The number of hydrogen-bond acceptors (Lipinski definition) is 6. The first-order valence-electron chi connectivity index (χ1n) is 8.95. The smallest absolute Gasteiger partial charge is 0.209 e. The number of aryl methyl sites for hydroxylation is 1. The van der Waals surface area contributed by atoms with Crippen LogP contribution in [-0.4, -0.2) is 34.9 Å². The summed E-state index contributed by atoms with van der Waals surface area (Å²) >= 11 is 0. The molecule has 1 atom stereocenters. The molecule has 27 heavy (non-hydrogen) atoms. The van der Waals surface area contributed by atoms with Crippen molar-refractivity contribution in [3.05, 3.63) is 36.3 Å². The van der Waals surface area contributed by atoms with Gasteiger partial charge in [0.25, 0.3) is 0 Å². The van der Waals surface area contributed by atoms with Gasteiger partial charge in [-0.15, -0.1) is 0 Å². The van der Waals surface area contributed by atoms with Crippen LogP contribution in [0.2, 0.25) is 0 Å². The average Bonchev–Trinajstić information content (AvgIpc) is 3.03. The maximum atomic E-state index is 11.0. The Labute approximate surface area is 158 Å².